The second-order valence-corrected chi connectivity index (χ2v) is 7.04. The van der Waals surface area contributed by atoms with Crippen LogP contribution in [0.1, 0.15) is 4.88 Å². The van der Waals surface area contributed by atoms with Crippen LogP contribution < -0.4 is 0 Å². The van der Waals surface area contributed by atoms with Gasteiger partial charge in [-0.2, -0.15) is 4.31 Å². The maximum absolute atomic E-state index is 12.2. The van der Waals surface area contributed by atoms with Crippen LogP contribution in [0.25, 0.3) is 0 Å². The average Bonchev–Trinajstić information content (AvgIpc) is 2.80. The third-order valence-corrected chi connectivity index (χ3v) is 6.07. The molecule has 2 heterocycles. The average molecular weight is 277 g/mol. The Balaban J connectivity index is 2.18. The normalized spacial score (nSPS) is 18.4. The van der Waals surface area contributed by atoms with E-state index in [0.29, 0.717) is 36.9 Å². The Morgan fingerprint density at radius 1 is 1.35 bits per heavy atom. The van der Waals surface area contributed by atoms with Gasteiger partial charge in [-0.05, 0) is 12.1 Å². The minimum atomic E-state index is -3.37. The lowest BCUT2D eigenvalue weighted by atomic mass is 10.4. The van der Waals surface area contributed by atoms with Gasteiger partial charge < -0.3 is 9.84 Å². The molecule has 5 nitrogen and oxygen atoms in total. The number of aliphatic hydroxyl groups is 1. The van der Waals surface area contributed by atoms with Gasteiger partial charge in [0, 0.05) is 31.0 Å². The molecule has 0 aliphatic carbocycles. The van der Waals surface area contributed by atoms with E-state index in [1.807, 2.05) is 0 Å². The topological polar surface area (TPSA) is 66.8 Å². The van der Waals surface area contributed by atoms with E-state index in [1.165, 1.54) is 15.6 Å². The predicted octanol–water partition coefficient (Wildman–Crippen LogP) is 0.304. The molecule has 1 aliphatic rings. The molecule has 17 heavy (non-hydrogen) atoms. The number of rotatable bonds is 4. The van der Waals surface area contributed by atoms with Crippen molar-refractivity contribution >= 4 is 21.4 Å². The van der Waals surface area contributed by atoms with Gasteiger partial charge in [-0.25, -0.2) is 8.42 Å². The summed E-state index contributed by atoms with van der Waals surface area (Å²) in [4.78, 5) is 0.888. The first-order valence-corrected chi connectivity index (χ1v) is 7.68. The van der Waals surface area contributed by atoms with Crippen molar-refractivity contribution in [1.29, 1.82) is 0 Å². The molecule has 2 rings (SSSR count). The molecular formula is C10H15NO4S2. The van der Waals surface area contributed by atoms with Gasteiger partial charge >= 0.3 is 0 Å². The molecule has 1 aromatic heterocycles. The van der Waals surface area contributed by atoms with Gasteiger partial charge in [0.25, 0.3) is 10.0 Å². The largest absolute Gasteiger partial charge is 0.396 e. The molecule has 1 N–H and O–H groups in total. The van der Waals surface area contributed by atoms with Gasteiger partial charge in [-0.3, -0.25) is 0 Å². The summed E-state index contributed by atoms with van der Waals surface area (Å²) in [6.07, 6.45) is 0.503. The smallest absolute Gasteiger partial charge is 0.252 e. The van der Waals surface area contributed by atoms with Gasteiger partial charge in [0.2, 0.25) is 0 Å². The molecule has 0 unspecified atom stereocenters. The zero-order chi connectivity index (χ0) is 12.3. The summed E-state index contributed by atoms with van der Waals surface area (Å²) in [6, 6.07) is 3.37. The minimum absolute atomic E-state index is 0.0392. The fourth-order valence-corrected chi connectivity index (χ4v) is 4.56. The third kappa shape index (κ3) is 2.86. The number of nitrogens with zero attached hydrogens (tertiary/aromatic N) is 1. The van der Waals surface area contributed by atoms with Crippen LogP contribution in [-0.4, -0.2) is 50.7 Å². The van der Waals surface area contributed by atoms with Crippen LogP contribution in [0.15, 0.2) is 16.3 Å². The fourth-order valence-electron chi connectivity index (χ4n) is 1.66. The summed E-state index contributed by atoms with van der Waals surface area (Å²) in [6.45, 7) is 1.77. The van der Waals surface area contributed by atoms with Crippen molar-refractivity contribution in [3.63, 3.8) is 0 Å². The van der Waals surface area contributed by atoms with Crippen molar-refractivity contribution in [2.45, 2.75) is 10.6 Å². The monoisotopic (exact) mass is 277 g/mol. The Kier molecular flexibility index (Phi) is 4.16. The van der Waals surface area contributed by atoms with Gasteiger partial charge in [0.15, 0.2) is 0 Å². The van der Waals surface area contributed by atoms with Crippen molar-refractivity contribution in [3.05, 3.63) is 17.0 Å². The van der Waals surface area contributed by atoms with Crippen molar-refractivity contribution in [2.75, 3.05) is 32.9 Å². The maximum atomic E-state index is 12.2. The summed E-state index contributed by atoms with van der Waals surface area (Å²) < 4.78 is 31.4. The van der Waals surface area contributed by atoms with Crippen molar-refractivity contribution < 1.29 is 18.3 Å². The Morgan fingerprint density at radius 2 is 2.06 bits per heavy atom. The van der Waals surface area contributed by atoms with E-state index >= 15 is 0 Å². The van der Waals surface area contributed by atoms with Crippen LogP contribution in [0.2, 0.25) is 0 Å². The lowest BCUT2D eigenvalue weighted by Crippen LogP contribution is -2.40. The molecule has 0 spiro atoms. The van der Waals surface area contributed by atoms with E-state index < -0.39 is 10.0 Å². The number of aliphatic hydroxyl groups excluding tert-OH is 1. The number of ether oxygens (including phenoxy) is 1. The van der Waals surface area contributed by atoms with E-state index in [2.05, 4.69) is 0 Å². The quantitative estimate of drug-likeness (QED) is 0.860. The summed E-state index contributed by atoms with van der Waals surface area (Å²) in [7, 11) is -3.37. The molecule has 0 bridgehead atoms. The van der Waals surface area contributed by atoms with Gasteiger partial charge in [-0.15, -0.1) is 11.3 Å². The first-order valence-electron chi connectivity index (χ1n) is 5.42. The van der Waals surface area contributed by atoms with Crippen molar-refractivity contribution in [1.82, 2.24) is 4.31 Å². The molecule has 96 valence electrons. The van der Waals surface area contributed by atoms with Gasteiger partial charge in [-0.1, -0.05) is 0 Å². The number of hydrogen-bond acceptors (Lipinski definition) is 5. The summed E-state index contributed by atoms with van der Waals surface area (Å²) in [5.74, 6) is 0. The number of sulfonamides is 1. The Morgan fingerprint density at radius 3 is 2.71 bits per heavy atom. The highest BCUT2D eigenvalue weighted by Gasteiger charge is 2.27. The molecule has 1 fully saturated rings. The van der Waals surface area contributed by atoms with Crippen LogP contribution in [-0.2, 0) is 21.2 Å². The molecule has 0 radical (unpaired) electrons. The standard InChI is InChI=1S/C10H15NO4S2/c12-6-3-9-1-2-10(16-9)17(13,14)11-4-7-15-8-5-11/h1-2,12H,3-8H2. The van der Waals surface area contributed by atoms with E-state index in [9.17, 15) is 8.42 Å². The van der Waals surface area contributed by atoms with Crippen molar-refractivity contribution in [3.8, 4) is 0 Å². The van der Waals surface area contributed by atoms with E-state index in [1.54, 1.807) is 12.1 Å². The maximum Gasteiger partial charge on any atom is 0.252 e. The Hall–Kier alpha value is -0.470. The van der Waals surface area contributed by atoms with Gasteiger partial charge in [0.05, 0.1) is 13.2 Å². The lowest BCUT2D eigenvalue weighted by Gasteiger charge is -2.25. The summed E-state index contributed by atoms with van der Waals surface area (Å²) in [5, 5.41) is 8.81. The Bertz CT molecular complexity index is 462. The molecule has 0 aromatic carbocycles. The highest BCUT2D eigenvalue weighted by atomic mass is 32.2. The SMILES string of the molecule is O=S(=O)(c1ccc(CCO)s1)N1CCOCC1. The molecule has 0 atom stereocenters. The van der Waals surface area contributed by atoms with Crippen LogP contribution in [0.5, 0.6) is 0 Å². The van der Waals surface area contributed by atoms with Crippen LogP contribution in [0.3, 0.4) is 0 Å². The van der Waals surface area contributed by atoms with Crippen LogP contribution in [0.4, 0.5) is 0 Å². The zero-order valence-electron chi connectivity index (χ0n) is 9.33. The molecule has 0 amide bonds. The van der Waals surface area contributed by atoms with E-state index in [0.717, 1.165) is 4.88 Å². The van der Waals surface area contributed by atoms with Crippen molar-refractivity contribution in [2.24, 2.45) is 0 Å². The number of morpholine rings is 1. The second-order valence-electron chi connectivity index (χ2n) is 3.71. The molecular weight excluding hydrogens is 262 g/mol. The number of thiophene rings is 1. The number of hydrogen-bond donors (Lipinski definition) is 1. The molecule has 1 aliphatic heterocycles. The molecule has 7 heteroatoms. The Labute approximate surface area is 105 Å². The van der Waals surface area contributed by atoms with Crippen LogP contribution in [0, 0.1) is 0 Å². The summed E-state index contributed by atoms with van der Waals surface area (Å²) >= 11 is 1.23. The molecule has 1 saturated heterocycles. The lowest BCUT2D eigenvalue weighted by molar-refractivity contribution is 0.0731. The molecule has 1 aromatic rings. The highest BCUT2D eigenvalue weighted by molar-refractivity contribution is 7.91. The first kappa shape index (κ1) is 13.0. The third-order valence-electron chi connectivity index (χ3n) is 2.56. The highest BCUT2D eigenvalue weighted by Crippen LogP contribution is 2.25. The predicted molar refractivity (Wildman–Crippen MR) is 64.7 cm³/mol. The second kappa shape index (κ2) is 5.45. The first-order chi connectivity index (χ1) is 8.14. The summed E-state index contributed by atoms with van der Waals surface area (Å²) in [5.41, 5.74) is 0. The van der Waals surface area contributed by atoms with E-state index in [4.69, 9.17) is 9.84 Å². The zero-order valence-corrected chi connectivity index (χ0v) is 11.0. The van der Waals surface area contributed by atoms with Crippen LogP contribution >= 0.6 is 11.3 Å². The van der Waals surface area contributed by atoms with E-state index in [-0.39, 0.29) is 6.61 Å². The fraction of sp³-hybridized carbons (Fsp3) is 0.600. The molecule has 0 saturated carbocycles. The van der Waals surface area contributed by atoms with Gasteiger partial charge in [0.1, 0.15) is 4.21 Å². The minimum Gasteiger partial charge on any atom is -0.396 e.